The molecule has 0 saturated heterocycles. The Morgan fingerprint density at radius 2 is 2.00 bits per heavy atom. The van der Waals surface area contributed by atoms with Crippen molar-refractivity contribution in [3.63, 3.8) is 0 Å². The topological polar surface area (TPSA) is 76.0 Å². The van der Waals surface area contributed by atoms with E-state index in [2.05, 4.69) is 15.0 Å². The van der Waals surface area contributed by atoms with Gasteiger partial charge >= 0.3 is 5.97 Å². The molecule has 0 atom stereocenters. The Kier molecular flexibility index (Phi) is 3.34. The van der Waals surface area contributed by atoms with Gasteiger partial charge in [-0.25, -0.2) is 14.8 Å². The summed E-state index contributed by atoms with van der Waals surface area (Å²) in [6.45, 7) is 0. The first kappa shape index (κ1) is 11.5. The van der Waals surface area contributed by atoms with Crippen molar-refractivity contribution in [2.24, 2.45) is 0 Å². The van der Waals surface area contributed by atoms with Gasteiger partial charge in [0, 0.05) is 24.0 Å². The summed E-state index contributed by atoms with van der Waals surface area (Å²) in [6.07, 6.45) is 5.07. The van der Waals surface area contributed by atoms with E-state index in [1.165, 1.54) is 17.8 Å². The quantitative estimate of drug-likeness (QED) is 0.660. The minimum absolute atomic E-state index is 0.00355. The number of rotatable bonds is 3. The molecule has 17 heavy (non-hydrogen) atoms. The smallest absolute Gasteiger partial charge is 0.354 e. The Bertz CT molecular complexity index is 546. The van der Waals surface area contributed by atoms with Crippen LogP contribution in [-0.2, 0) is 0 Å². The van der Waals surface area contributed by atoms with Gasteiger partial charge in [0.25, 0.3) is 0 Å². The minimum Gasteiger partial charge on any atom is -0.477 e. The van der Waals surface area contributed by atoms with E-state index in [0.717, 1.165) is 5.56 Å². The second-order valence-corrected chi connectivity index (χ2v) is 3.99. The molecule has 0 radical (unpaired) electrons. The number of thioether (sulfide) groups is 1. The highest BCUT2D eigenvalue weighted by Crippen LogP contribution is 2.19. The molecule has 0 aromatic carbocycles. The van der Waals surface area contributed by atoms with Gasteiger partial charge in [0.05, 0.1) is 0 Å². The molecule has 1 N–H and O–H groups in total. The summed E-state index contributed by atoms with van der Waals surface area (Å²) in [5.74, 6) is -0.658. The third kappa shape index (κ3) is 2.59. The number of aromatic nitrogens is 3. The average molecular weight is 247 g/mol. The average Bonchev–Trinajstić information content (AvgIpc) is 2.39. The van der Waals surface area contributed by atoms with Crippen LogP contribution in [0.3, 0.4) is 0 Å². The van der Waals surface area contributed by atoms with Gasteiger partial charge in [0.2, 0.25) is 0 Å². The second-order valence-electron chi connectivity index (χ2n) is 3.16. The van der Waals surface area contributed by atoms with Crippen LogP contribution in [0, 0.1) is 0 Å². The van der Waals surface area contributed by atoms with Crippen LogP contribution >= 0.6 is 11.8 Å². The summed E-state index contributed by atoms with van der Waals surface area (Å²) >= 11 is 1.38. The molecule has 0 aliphatic rings. The van der Waals surface area contributed by atoms with Gasteiger partial charge in [-0.2, -0.15) is 0 Å². The van der Waals surface area contributed by atoms with Gasteiger partial charge < -0.3 is 5.11 Å². The molecule has 0 aliphatic heterocycles. The summed E-state index contributed by atoms with van der Waals surface area (Å²) in [7, 11) is 0. The first-order valence-corrected chi connectivity index (χ1v) is 6.00. The van der Waals surface area contributed by atoms with Crippen LogP contribution in [0.1, 0.15) is 10.5 Å². The Morgan fingerprint density at radius 3 is 2.59 bits per heavy atom. The van der Waals surface area contributed by atoms with Crippen LogP contribution in [0.5, 0.6) is 0 Å². The zero-order valence-corrected chi connectivity index (χ0v) is 9.81. The second kappa shape index (κ2) is 4.92. The van der Waals surface area contributed by atoms with E-state index in [4.69, 9.17) is 5.11 Å². The SMILES string of the molecule is CSc1cc(C(=O)O)nc(-c2ccncc2)n1. The van der Waals surface area contributed by atoms with Crippen LogP contribution in [-0.4, -0.2) is 32.3 Å². The maximum atomic E-state index is 10.9. The highest BCUT2D eigenvalue weighted by atomic mass is 32.2. The molecule has 2 heterocycles. The molecule has 86 valence electrons. The number of carboxylic acids is 1. The lowest BCUT2D eigenvalue weighted by Crippen LogP contribution is -2.03. The number of hydrogen-bond acceptors (Lipinski definition) is 5. The number of aromatic carboxylic acids is 1. The van der Waals surface area contributed by atoms with Crippen LogP contribution in [0.25, 0.3) is 11.4 Å². The minimum atomic E-state index is -1.06. The Hall–Kier alpha value is -1.95. The van der Waals surface area contributed by atoms with Crippen molar-refractivity contribution in [2.45, 2.75) is 5.03 Å². The van der Waals surface area contributed by atoms with Gasteiger partial charge in [-0.05, 0) is 18.4 Å². The maximum Gasteiger partial charge on any atom is 0.354 e. The number of carboxylic acid groups (broad SMARTS) is 1. The summed E-state index contributed by atoms with van der Waals surface area (Å²) < 4.78 is 0. The van der Waals surface area contributed by atoms with Crippen molar-refractivity contribution in [2.75, 3.05) is 6.26 Å². The van der Waals surface area contributed by atoms with E-state index in [1.54, 1.807) is 24.5 Å². The Balaban J connectivity index is 2.54. The van der Waals surface area contributed by atoms with Gasteiger partial charge in [-0.15, -0.1) is 11.8 Å². The van der Waals surface area contributed by atoms with E-state index >= 15 is 0 Å². The van der Waals surface area contributed by atoms with Gasteiger partial charge in [-0.3, -0.25) is 4.98 Å². The van der Waals surface area contributed by atoms with Crippen molar-refractivity contribution in [1.29, 1.82) is 0 Å². The predicted molar refractivity (Wildman–Crippen MR) is 64.0 cm³/mol. The molecule has 0 bridgehead atoms. The molecule has 0 aliphatic carbocycles. The van der Waals surface area contributed by atoms with E-state index < -0.39 is 5.97 Å². The monoisotopic (exact) mass is 247 g/mol. The van der Waals surface area contributed by atoms with Gasteiger partial charge in [0.1, 0.15) is 5.03 Å². The normalized spacial score (nSPS) is 10.2. The fraction of sp³-hybridized carbons (Fsp3) is 0.0909. The zero-order valence-electron chi connectivity index (χ0n) is 8.99. The fourth-order valence-electron chi connectivity index (χ4n) is 1.27. The molecular weight excluding hydrogens is 238 g/mol. The van der Waals surface area contributed by atoms with Crippen molar-refractivity contribution < 1.29 is 9.90 Å². The number of nitrogens with zero attached hydrogens (tertiary/aromatic N) is 3. The van der Waals surface area contributed by atoms with Gasteiger partial charge in [0.15, 0.2) is 11.5 Å². The molecule has 0 amide bonds. The fourth-order valence-corrected chi connectivity index (χ4v) is 1.68. The molecule has 0 unspecified atom stereocenters. The first-order valence-electron chi connectivity index (χ1n) is 4.77. The highest BCUT2D eigenvalue weighted by Gasteiger charge is 2.11. The summed E-state index contributed by atoms with van der Waals surface area (Å²) in [5, 5.41) is 9.59. The highest BCUT2D eigenvalue weighted by molar-refractivity contribution is 7.98. The Morgan fingerprint density at radius 1 is 1.29 bits per heavy atom. The van der Waals surface area contributed by atoms with Crippen LogP contribution in [0.4, 0.5) is 0 Å². The summed E-state index contributed by atoms with van der Waals surface area (Å²) in [4.78, 5) is 23.1. The lowest BCUT2D eigenvalue weighted by molar-refractivity contribution is 0.0690. The molecule has 0 saturated carbocycles. The molecule has 6 heteroatoms. The molecule has 2 aromatic rings. The van der Waals surface area contributed by atoms with Crippen LogP contribution < -0.4 is 0 Å². The van der Waals surface area contributed by atoms with Crippen molar-refractivity contribution >= 4 is 17.7 Å². The zero-order chi connectivity index (χ0) is 12.3. The first-order chi connectivity index (χ1) is 8.20. The van der Waals surface area contributed by atoms with Gasteiger partial charge in [-0.1, -0.05) is 0 Å². The molecule has 2 aromatic heterocycles. The number of pyridine rings is 1. The lowest BCUT2D eigenvalue weighted by Gasteiger charge is -2.03. The summed E-state index contributed by atoms with van der Waals surface area (Å²) in [5.41, 5.74) is 0.745. The lowest BCUT2D eigenvalue weighted by atomic mass is 10.2. The molecule has 0 spiro atoms. The molecule has 0 fully saturated rings. The Labute approximate surface area is 102 Å². The largest absolute Gasteiger partial charge is 0.477 e. The molecular formula is C11H9N3O2S. The standard InChI is InChI=1S/C11H9N3O2S/c1-17-9-6-8(11(15)16)13-10(14-9)7-2-4-12-5-3-7/h2-6H,1H3,(H,15,16). The third-order valence-corrected chi connectivity index (χ3v) is 2.70. The van der Waals surface area contributed by atoms with E-state index in [-0.39, 0.29) is 5.69 Å². The van der Waals surface area contributed by atoms with Crippen molar-refractivity contribution in [1.82, 2.24) is 15.0 Å². The van der Waals surface area contributed by atoms with E-state index in [0.29, 0.717) is 10.9 Å². The van der Waals surface area contributed by atoms with Crippen molar-refractivity contribution in [3.8, 4) is 11.4 Å². The molecule has 2 rings (SSSR count). The van der Waals surface area contributed by atoms with E-state index in [1.807, 2.05) is 6.26 Å². The summed E-state index contributed by atoms with van der Waals surface area (Å²) in [6, 6.07) is 4.94. The van der Waals surface area contributed by atoms with Crippen molar-refractivity contribution in [3.05, 3.63) is 36.3 Å². The van der Waals surface area contributed by atoms with E-state index in [9.17, 15) is 4.79 Å². The number of hydrogen-bond donors (Lipinski definition) is 1. The van der Waals surface area contributed by atoms with Crippen LogP contribution in [0.15, 0.2) is 35.6 Å². The van der Waals surface area contributed by atoms with Crippen LogP contribution in [0.2, 0.25) is 0 Å². The third-order valence-electron chi connectivity index (χ3n) is 2.07. The molecule has 5 nitrogen and oxygen atoms in total. The predicted octanol–water partition coefficient (Wildman–Crippen LogP) is 1.96. The number of carbonyl (C=O) groups is 1. The maximum absolute atomic E-state index is 10.9.